The molecule has 2 heterocycles. The fraction of sp³-hybridized carbons (Fsp3) is 0.375. The number of rotatable bonds is 6. The molecule has 0 saturated heterocycles. The maximum Gasteiger partial charge on any atom is 0.251 e. The number of nitrogens with zero attached hydrogens (tertiary/aromatic N) is 1. The van der Waals surface area contributed by atoms with Gasteiger partial charge in [0.1, 0.15) is 5.82 Å². The van der Waals surface area contributed by atoms with Crippen molar-refractivity contribution in [3.05, 3.63) is 45.8 Å². The number of pyridine rings is 1. The molecule has 2 aromatic heterocycles. The Balaban J connectivity index is 2.16. The number of thiophene rings is 1. The van der Waals surface area contributed by atoms with Crippen molar-refractivity contribution in [3.63, 3.8) is 0 Å². The molecule has 0 bridgehead atoms. The van der Waals surface area contributed by atoms with E-state index in [0.29, 0.717) is 5.56 Å². The van der Waals surface area contributed by atoms with E-state index < -0.39 is 0 Å². The Kier molecular flexibility index (Phi) is 5.33. The summed E-state index contributed by atoms with van der Waals surface area (Å²) in [5, 5.41) is 8.22. The van der Waals surface area contributed by atoms with Crippen molar-refractivity contribution in [3.8, 4) is 0 Å². The first kappa shape index (κ1) is 15.5. The number of carbonyl (C=O) groups is 1. The first-order chi connectivity index (χ1) is 10.1. The van der Waals surface area contributed by atoms with Crippen molar-refractivity contribution >= 4 is 23.1 Å². The van der Waals surface area contributed by atoms with Gasteiger partial charge in [0.05, 0.1) is 6.04 Å². The van der Waals surface area contributed by atoms with Gasteiger partial charge in [0.25, 0.3) is 5.91 Å². The van der Waals surface area contributed by atoms with Gasteiger partial charge in [0.2, 0.25) is 0 Å². The highest BCUT2D eigenvalue weighted by Gasteiger charge is 2.14. The third kappa shape index (κ3) is 4.04. The minimum Gasteiger partial charge on any atom is -0.370 e. The maximum absolute atomic E-state index is 12.4. The van der Waals surface area contributed by atoms with E-state index in [0.717, 1.165) is 29.4 Å². The Hall–Kier alpha value is -1.88. The normalized spacial score (nSPS) is 12.0. The van der Waals surface area contributed by atoms with Gasteiger partial charge in [0, 0.05) is 22.7 Å². The van der Waals surface area contributed by atoms with Crippen LogP contribution in [0, 0.1) is 0 Å². The Morgan fingerprint density at radius 2 is 2.19 bits per heavy atom. The Morgan fingerprint density at radius 1 is 1.38 bits per heavy atom. The smallest absolute Gasteiger partial charge is 0.251 e. The van der Waals surface area contributed by atoms with E-state index >= 15 is 0 Å². The monoisotopic (exact) mass is 303 g/mol. The Bertz CT molecular complexity index is 596. The van der Waals surface area contributed by atoms with Crippen molar-refractivity contribution in [2.45, 2.75) is 33.2 Å². The van der Waals surface area contributed by atoms with Crippen LogP contribution in [-0.4, -0.2) is 17.4 Å². The van der Waals surface area contributed by atoms with Crippen LogP contribution in [0.3, 0.4) is 0 Å². The molecule has 21 heavy (non-hydrogen) atoms. The van der Waals surface area contributed by atoms with Crippen LogP contribution in [-0.2, 0) is 6.42 Å². The van der Waals surface area contributed by atoms with Crippen LogP contribution in [0.2, 0.25) is 0 Å². The summed E-state index contributed by atoms with van der Waals surface area (Å²) in [6.45, 7) is 6.83. The minimum atomic E-state index is -0.0628. The lowest BCUT2D eigenvalue weighted by Crippen LogP contribution is -2.26. The van der Waals surface area contributed by atoms with Crippen LogP contribution < -0.4 is 10.6 Å². The van der Waals surface area contributed by atoms with Crippen molar-refractivity contribution in [1.82, 2.24) is 10.3 Å². The van der Waals surface area contributed by atoms with Crippen LogP contribution in [0.25, 0.3) is 0 Å². The second-order valence-corrected chi connectivity index (χ2v) is 5.81. The quantitative estimate of drug-likeness (QED) is 0.857. The molecule has 4 nitrogen and oxygen atoms in total. The number of nitrogens with one attached hydrogen (secondary N) is 2. The van der Waals surface area contributed by atoms with Gasteiger partial charge in [0.15, 0.2) is 0 Å². The van der Waals surface area contributed by atoms with Gasteiger partial charge in [-0.25, -0.2) is 4.98 Å². The van der Waals surface area contributed by atoms with E-state index in [1.165, 1.54) is 0 Å². The molecule has 0 aliphatic carbocycles. The summed E-state index contributed by atoms with van der Waals surface area (Å²) < 4.78 is 0. The molecular formula is C16H21N3OS. The average Bonchev–Trinajstić information content (AvgIpc) is 3.01. The number of aryl methyl sites for hydroxylation is 1. The van der Waals surface area contributed by atoms with Crippen LogP contribution in [0.4, 0.5) is 5.82 Å². The Morgan fingerprint density at radius 3 is 2.81 bits per heavy atom. The van der Waals surface area contributed by atoms with E-state index in [1.807, 2.05) is 44.4 Å². The summed E-state index contributed by atoms with van der Waals surface area (Å²) in [6.07, 6.45) is 0.806. The van der Waals surface area contributed by atoms with Gasteiger partial charge in [-0.05, 0) is 43.8 Å². The van der Waals surface area contributed by atoms with Crippen LogP contribution in [0.1, 0.15) is 47.7 Å². The van der Waals surface area contributed by atoms with Gasteiger partial charge in [-0.3, -0.25) is 4.79 Å². The van der Waals surface area contributed by atoms with Crippen molar-refractivity contribution in [2.24, 2.45) is 0 Å². The molecule has 112 valence electrons. The molecule has 0 radical (unpaired) electrons. The molecule has 2 rings (SSSR count). The third-order valence-corrected chi connectivity index (χ3v) is 4.23. The largest absolute Gasteiger partial charge is 0.370 e. The predicted octanol–water partition coefficient (Wildman–Crippen LogP) is 3.63. The molecule has 1 atom stereocenters. The lowest BCUT2D eigenvalue weighted by molar-refractivity contribution is 0.0940. The van der Waals surface area contributed by atoms with Gasteiger partial charge in [-0.2, -0.15) is 0 Å². The second kappa shape index (κ2) is 7.22. The molecule has 1 unspecified atom stereocenters. The molecule has 0 saturated carbocycles. The van der Waals surface area contributed by atoms with Crippen molar-refractivity contribution in [1.29, 1.82) is 0 Å². The van der Waals surface area contributed by atoms with Crippen LogP contribution in [0.5, 0.6) is 0 Å². The number of anilines is 1. The lowest BCUT2D eigenvalue weighted by Gasteiger charge is -2.14. The summed E-state index contributed by atoms with van der Waals surface area (Å²) in [5.41, 5.74) is 1.57. The number of amides is 1. The molecule has 0 aliphatic rings. The zero-order valence-corrected chi connectivity index (χ0v) is 13.5. The summed E-state index contributed by atoms with van der Waals surface area (Å²) in [5.74, 6) is 0.693. The fourth-order valence-electron chi connectivity index (χ4n) is 2.06. The van der Waals surface area contributed by atoms with E-state index in [2.05, 4.69) is 15.6 Å². The van der Waals surface area contributed by atoms with Gasteiger partial charge in [-0.15, -0.1) is 11.3 Å². The summed E-state index contributed by atoms with van der Waals surface area (Å²) in [7, 11) is 0. The van der Waals surface area contributed by atoms with Gasteiger partial charge >= 0.3 is 0 Å². The zero-order valence-electron chi connectivity index (χ0n) is 12.6. The molecule has 0 aromatic carbocycles. The SMILES string of the molecule is CCNc1cc(C(=O)NC(C)c2cccs2)cc(CC)n1. The Labute approximate surface area is 129 Å². The molecule has 5 heteroatoms. The standard InChI is InChI=1S/C16H21N3OS/c1-4-13-9-12(10-15(19-13)17-5-2)16(20)18-11(3)14-7-6-8-21-14/h6-11H,4-5H2,1-3H3,(H,17,19)(H,18,20). The highest BCUT2D eigenvalue weighted by molar-refractivity contribution is 7.10. The second-order valence-electron chi connectivity index (χ2n) is 4.83. The molecule has 0 spiro atoms. The van der Waals surface area contributed by atoms with Crippen molar-refractivity contribution in [2.75, 3.05) is 11.9 Å². The molecule has 0 aliphatic heterocycles. The third-order valence-electron chi connectivity index (χ3n) is 3.18. The van der Waals surface area contributed by atoms with Gasteiger partial charge in [-0.1, -0.05) is 13.0 Å². The van der Waals surface area contributed by atoms with E-state index in [4.69, 9.17) is 0 Å². The highest BCUT2D eigenvalue weighted by atomic mass is 32.1. The highest BCUT2D eigenvalue weighted by Crippen LogP contribution is 2.19. The first-order valence-electron chi connectivity index (χ1n) is 7.23. The lowest BCUT2D eigenvalue weighted by atomic mass is 10.1. The van der Waals surface area contributed by atoms with Crippen molar-refractivity contribution < 1.29 is 4.79 Å². The predicted molar refractivity (Wildman–Crippen MR) is 88.0 cm³/mol. The minimum absolute atomic E-state index is 0.0123. The molecule has 1 amide bonds. The van der Waals surface area contributed by atoms with E-state index in [1.54, 1.807) is 17.4 Å². The average molecular weight is 303 g/mol. The summed E-state index contributed by atoms with van der Waals surface area (Å²) in [4.78, 5) is 18.0. The molecular weight excluding hydrogens is 282 g/mol. The number of aromatic nitrogens is 1. The number of hydrogen-bond donors (Lipinski definition) is 2. The zero-order chi connectivity index (χ0) is 15.2. The summed E-state index contributed by atoms with van der Waals surface area (Å²) in [6, 6.07) is 7.70. The van der Waals surface area contributed by atoms with Crippen LogP contribution >= 0.6 is 11.3 Å². The van der Waals surface area contributed by atoms with Gasteiger partial charge < -0.3 is 10.6 Å². The number of carbonyl (C=O) groups excluding carboxylic acids is 1. The summed E-state index contributed by atoms with van der Waals surface area (Å²) >= 11 is 1.65. The topological polar surface area (TPSA) is 54.0 Å². The molecule has 2 N–H and O–H groups in total. The van der Waals surface area contributed by atoms with E-state index in [9.17, 15) is 4.79 Å². The van der Waals surface area contributed by atoms with Crippen LogP contribution in [0.15, 0.2) is 29.6 Å². The maximum atomic E-state index is 12.4. The molecule has 2 aromatic rings. The molecule has 0 fully saturated rings. The first-order valence-corrected chi connectivity index (χ1v) is 8.11. The number of hydrogen-bond acceptors (Lipinski definition) is 4. The fourth-order valence-corrected chi connectivity index (χ4v) is 2.79. The van der Waals surface area contributed by atoms with E-state index in [-0.39, 0.29) is 11.9 Å².